The Labute approximate surface area is 96.8 Å². The zero-order chi connectivity index (χ0) is 12.7. The molecule has 5 nitrogen and oxygen atoms in total. The summed E-state index contributed by atoms with van der Waals surface area (Å²) >= 11 is 0. The van der Waals surface area contributed by atoms with Crippen molar-refractivity contribution >= 4 is 11.9 Å². The zero-order valence-electron chi connectivity index (χ0n) is 10.5. The molecular formula is C11H22N2O3. The van der Waals surface area contributed by atoms with Gasteiger partial charge in [-0.25, -0.2) is 0 Å². The molecule has 0 spiro atoms. The molecule has 0 radical (unpaired) electrons. The third-order valence-corrected chi connectivity index (χ3v) is 2.46. The van der Waals surface area contributed by atoms with E-state index < -0.39 is 12.0 Å². The lowest BCUT2D eigenvalue weighted by Crippen LogP contribution is -2.43. The first-order valence-electron chi connectivity index (χ1n) is 5.54. The van der Waals surface area contributed by atoms with Crippen LogP contribution < -0.4 is 5.32 Å². The third-order valence-electron chi connectivity index (χ3n) is 2.46. The molecule has 0 aromatic rings. The van der Waals surface area contributed by atoms with Crippen molar-refractivity contribution in [3.63, 3.8) is 0 Å². The van der Waals surface area contributed by atoms with Crippen LogP contribution in [0.25, 0.3) is 0 Å². The second-order valence-electron chi connectivity index (χ2n) is 4.46. The highest BCUT2D eigenvalue weighted by molar-refractivity contribution is 5.79. The molecule has 0 saturated heterocycles. The van der Waals surface area contributed by atoms with Crippen LogP contribution in [0.15, 0.2) is 0 Å². The van der Waals surface area contributed by atoms with Crippen molar-refractivity contribution in [3.8, 4) is 0 Å². The maximum atomic E-state index is 11.4. The Morgan fingerprint density at radius 2 is 1.88 bits per heavy atom. The van der Waals surface area contributed by atoms with Gasteiger partial charge in [0, 0.05) is 6.54 Å². The topological polar surface area (TPSA) is 69.6 Å². The van der Waals surface area contributed by atoms with E-state index in [1.54, 1.807) is 14.0 Å². The molecule has 1 unspecified atom stereocenters. The summed E-state index contributed by atoms with van der Waals surface area (Å²) in [6.07, 6.45) is 0.934. The lowest BCUT2D eigenvalue weighted by Gasteiger charge is -2.20. The van der Waals surface area contributed by atoms with Crippen molar-refractivity contribution in [2.45, 2.75) is 33.2 Å². The van der Waals surface area contributed by atoms with Crippen molar-refractivity contribution in [1.82, 2.24) is 10.2 Å². The Morgan fingerprint density at radius 1 is 1.31 bits per heavy atom. The Balaban J connectivity index is 3.82. The fraction of sp³-hybridized carbons (Fsp3) is 0.818. The van der Waals surface area contributed by atoms with Gasteiger partial charge >= 0.3 is 5.97 Å². The maximum absolute atomic E-state index is 11.4. The summed E-state index contributed by atoms with van der Waals surface area (Å²) in [5, 5.41) is 11.5. The van der Waals surface area contributed by atoms with Gasteiger partial charge < -0.3 is 10.4 Å². The number of hydrogen-bond donors (Lipinski definition) is 2. The minimum Gasteiger partial charge on any atom is -0.480 e. The van der Waals surface area contributed by atoms with Crippen LogP contribution >= 0.6 is 0 Å². The molecule has 0 aromatic carbocycles. The number of carbonyl (C=O) groups excluding carboxylic acids is 1. The molecule has 1 amide bonds. The molecule has 0 aromatic heterocycles. The second kappa shape index (κ2) is 7.22. The van der Waals surface area contributed by atoms with Crippen molar-refractivity contribution in [1.29, 1.82) is 0 Å². The summed E-state index contributed by atoms with van der Waals surface area (Å²) < 4.78 is 0. The minimum absolute atomic E-state index is 0.117. The minimum atomic E-state index is -0.919. The molecule has 94 valence electrons. The van der Waals surface area contributed by atoms with E-state index in [1.165, 1.54) is 4.90 Å². The zero-order valence-corrected chi connectivity index (χ0v) is 10.5. The first-order chi connectivity index (χ1) is 7.34. The maximum Gasteiger partial charge on any atom is 0.320 e. The average molecular weight is 230 g/mol. The first kappa shape index (κ1) is 14.9. The number of amides is 1. The molecule has 16 heavy (non-hydrogen) atoms. The van der Waals surface area contributed by atoms with Crippen molar-refractivity contribution < 1.29 is 14.7 Å². The molecule has 2 N–H and O–H groups in total. The number of carboxylic acids is 1. The molecule has 0 heterocycles. The normalized spacial score (nSPS) is 12.9. The van der Waals surface area contributed by atoms with E-state index in [0.29, 0.717) is 12.5 Å². The van der Waals surface area contributed by atoms with E-state index in [1.807, 2.05) is 0 Å². The van der Waals surface area contributed by atoms with Crippen LogP contribution in [-0.2, 0) is 9.59 Å². The number of aliphatic carboxylic acids is 1. The first-order valence-corrected chi connectivity index (χ1v) is 5.54. The van der Waals surface area contributed by atoms with Crippen LogP contribution in [-0.4, -0.2) is 48.1 Å². The smallest absolute Gasteiger partial charge is 0.320 e. The van der Waals surface area contributed by atoms with Gasteiger partial charge in [-0.2, -0.15) is 0 Å². The summed E-state index contributed by atoms with van der Waals surface area (Å²) in [4.78, 5) is 23.6. The third kappa shape index (κ3) is 6.40. The van der Waals surface area contributed by atoms with Gasteiger partial charge in [0.1, 0.15) is 6.04 Å². The van der Waals surface area contributed by atoms with Gasteiger partial charge in [0.05, 0.1) is 6.54 Å². The lowest BCUT2D eigenvalue weighted by atomic mass is 10.1. The number of nitrogens with zero attached hydrogens (tertiary/aromatic N) is 1. The monoisotopic (exact) mass is 230 g/mol. The van der Waals surface area contributed by atoms with E-state index in [0.717, 1.165) is 6.42 Å². The van der Waals surface area contributed by atoms with Crippen LogP contribution in [0, 0.1) is 5.92 Å². The molecule has 0 aliphatic rings. The number of hydrogen-bond acceptors (Lipinski definition) is 3. The predicted octanol–water partition coefficient (Wildman–Crippen LogP) is 0.554. The van der Waals surface area contributed by atoms with Crippen molar-refractivity contribution in [3.05, 3.63) is 0 Å². The van der Waals surface area contributed by atoms with Gasteiger partial charge in [-0.05, 0) is 26.3 Å². The molecular weight excluding hydrogens is 208 g/mol. The Hall–Kier alpha value is -1.10. The Bertz CT molecular complexity index is 241. The molecule has 0 fully saturated rings. The second-order valence-corrected chi connectivity index (χ2v) is 4.46. The van der Waals surface area contributed by atoms with Gasteiger partial charge in [-0.3, -0.25) is 14.5 Å². The van der Waals surface area contributed by atoms with Crippen molar-refractivity contribution in [2.24, 2.45) is 5.92 Å². The standard InChI is InChI=1S/C11H22N2O3/c1-8(2)5-6-12-10(14)7-13(4)9(3)11(15)16/h8-9H,5-7H2,1-4H3,(H,12,14)(H,15,16). The summed E-state index contributed by atoms with van der Waals surface area (Å²) in [6, 6.07) is -0.643. The molecule has 0 saturated carbocycles. The molecule has 0 aliphatic carbocycles. The number of nitrogens with one attached hydrogen (secondary N) is 1. The van der Waals surface area contributed by atoms with Crippen LogP contribution in [0.5, 0.6) is 0 Å². The predicted molar refractivity (Wildman–Crippen MR) is 62.2 cm³/mol. The quantitative estimate of drug-likeness (QED) is 0.670. The fourth-order valence-electron chi connectivity index (χ4n) is 1.11. The molecule has 1 atom stereocenters. The number of carboxylic acid groups (broad SMARTS) is 1. The summed E-state index contributed by atoms with van der Waals surface area (Å²) in [5.74, 6) is -0.496. The lowest BCUT2D eigenvalue weighted by molar-refractivity contribution is -0.142. The average Bonchev–Trinajstić information content (AvgIpc) is 2.15. The highest BCUT2D eigenvalue weighted by Crippen LogP contribution is 1.97. The van der Waals surface area contributed by atoms with E-state index in [4.69, 9.17) is 5.11 Å². The van der Waals surface area contributed by atoms with E-state index in [2.05, 4.69) is 19.2 Å². The van der Waals surface area contributed by atoms with E-state index in [9.17, 15) is 9.59 Å². The van der Waals surface area contributed by atoms with Crippen LogP contribution in [0.3, 0.4) is 0 Å². The Morgan fingerprint density at radius 3 is 2.31 bits per heavy atom. The highest BCUT2D eigenvalue weighted by Gasteiger charge is 2.18. The SMILES string of the molecule is CC(C)CCNC(=O)CN(C)C(C)C(=O)O. The molecule has 0 rings (SSSR count). The van der Waals surface area contributed by atoms with Gasteiger partial charge in [-0.1, -0.05) is 13.8 Å². The van der Waals surface area contributed by atoms with Gasteiger partial charge in [0.2, 0.25) is 5.91 Å². The highest BCUT2D eigenvalue weighted by atomic mass is 16.4. The molecule has 0 bridgehead atoms. The van der Waals surface area contributed by atoms with Gasteiger partial charge in [-0.15, -0.1) is 0 Å². The number of carbonyl (C=O) groups is 2. The van der Waals surface area contributed by atoms with E-state index >= 15 is 0 Å². The summed E-state index contributed by atoms with van der Waals surface area (Å²) in [7, 11) is 1.63. The van der Waals surface area contributed by atoms with Gasteiger partial charge in [0.25, 0.3) is 0 Å². The summed E-state index contributed by atoms with van der Waals surface area (Å²) in [6.45, 7) is 6.50. The van der Waals surface area contributed by atoms with E-state index in [-0.39, 0.29) is 12.5 Å². The van der Waals surface area contributed by atoms with Crippen LogP contribution in [0.1, 0.15) is 27.2 Å². The van der Waals surface area contributed by atoms with Crippen LogP contribution in [0.4, 0.5) is 0 Å². The van der Waals surface area contributed by atoms with Crippen LogP contribution in [0.2, 0.25) is 0 Å². The van der Waals surface area contributed by atoms with Crippen molar-refractivity contribution in [2.75, 3.05) is 20.1 Å². The number of rotatable bonds is 7. The summed E-state index contributed by atoms with van der Waals surface area (Å²) in [5.41, 5.74) is 0. The largest absolute Gasteiger partial charge is 0.480 e. The fourth-order valence-corrected chi connectivity index (χ4v) is 1.11. The Kier molecular flexibility index (Phi) is 6.72. The van der Waals surface area contributed by atoms with Gasteiger partial charge in [0.15, 0.2) is 0 Å². The molecule has 0 aliphatic heterocycles. The number of likely N-dealkylation sites (N-methyl/N-ethyl adjacent to an activating group) is 1. The molecule has 5 heteroatoms.